The van der Waals surface area contributed by atoms with E-state index in [0.29, 0.717) is 11.8 Å². The van der Waals surface area contributed by atoms with Crippen molar-refractivity contribution in [1.29, 1.82) is 0 Å². The average Bonchev–Trinajstić information content (AvgIpc) is 2.30. The van der Waals surface area contributed by atoms with Crippen LogP contribution in [0.15, 0.2) is 12.1 Å². The molecule has 0 radical (unpaired) electrons. The van der Waals surface area contributed by atoms with E-state index >= 15 is 0 Å². The highest BCUT2D eigenvalue weighted by atomic mass is 16.5. The molecule has 0 spiro atoms. The summed E-state index contributed by atoms with van der Waals surface area (Å²) in [5, 5.41) is 9.25. The molecule has 2 nitrogen and oxygen atoms in total. The van der Waals surface area contributed by atoms with Gasteiger partial charge in [0.1, 0.15) is 5.75 Å². The molecule has 0 aromatic heterocycles. The van der Waals surface area contributed by atoms with Crippen molar-refractivity contribution < 1.29 is 9.84 Å². The minimum atomic E-state index is 0.252. The predicted molar refractivity (Wildman–Crippen MR) is 76.4 cm³/mol. The summed E-state index contributed by atoms with van der Waals surface area (Å²) in [5.41, 5.74) is 3.79. The molecule has 0 fully saturated rings. The van der Waals surface area contributed by atoms with Crippen LogP contribution in [0.1, 0.15) is 49.3 Å². The fraction of sp³-hybridized carbons (Fsp3) is 0.625. The van der Waals surface area contributed by atoms with Crippen LogP contribution in [-0.2, 0) is 0 Å². The van der Waals surface area contributed by atoms with Crippen molar-refractivity contribution in [3.63, 3.8) is 0 Å². The smallest absolute Gasteiger partial charge is 0.122 e. The topological polar surface area (TPSA) is 29.5 Å². The molecule has 0 saturated carbocycles. The molecular formula is C16H26O2. The third kappa shape index (κ3) is 3.74. The van der Waals surface area contributed by atoms with Gasteiger partial charge >= 0.3 is 0 Å². The second kappa shape index (κ2) is 6.79. The van der Waals surface area contributed by atoms with Crippen molar-refractivity contribution in [1.82, 2.24) is 0 Å². The molecule has 0 aliphatic heterocycles. The Hall–Kier alpha value is -1.02. The molecule has 1 aromatic carbocycles. The lowest BCUT2D eigenvalue weighted by molar-refractivity contribution is 0.267. The van der Waals surface area contributed by atoms with Crippen LogP contribution >= 0.6 is 0 Å². The van der Waals surface area contributed by atoms with Crippen molar-refractivity contribution in [2.24, 2.45) is 5.92 Å². The van der Waals surface area contributed by atoms with Crippen LogP contribution in [0.3, 0.4) is 0 Å². The van der Waals surface area contributed by atoms with Gasteiger partial charge in [-0.2, -0.15) is 0 Å². The van der Waals surface area contributed by atoms with E-state index in [0.717, 1.165) is 18.6 Å². The molecule has 1 aromatic rings. The first-order chi connectivity index (χ1) is 8.49. The van der Waals surface area contributed by atoms with Crippen molar-refractivity contribution in [2.45, 2.75) is 46.5 Å². The van der Waals surface area contributed by atoms with Gasteiger partial charge < -0.3 is 9.84 Å². The first-order valence-corrected chi connectivity index (χ1v) is 6.75. The van der Waals surface area contributed by atoms with Gasteiger partial charge in [0.15, 0.2) is 0 Å². The van der Waals surface area contributed by atoms with Gasteiger partial charge in [0.25, 0.3) is 0 Å². The Morgan fingerprint density at radius 3 is 2.33 bits per heavy atom. The van der Waals surface area contributed by atoms with E-state index in [9.17, 15) is 5.11 Å². The lowest BCUT2D eigenvalue weighted by atomic mass is 9.85. The number of hydrogen-bond donors (Lipinski definition) is 1. The van der Waals surface area contributed by atoms with Crippen LogP contribution in [0.4, 0.5) is 0 Å². The van der Waals surface area contributed by atoms with Gasteiger partial charge in [-0.1, -0.05) is 19.9 Å². The largest absolute Gasteiger partial charge is 0.496 e. The van der Waals surface area contributed by atoms with Gasteiger partial charge in [-0.3, -0.25) is 0 Å². The quantitative estimate of drug-likeness (QED) is 0.831. The number of rotatable bonds is 6. The normalized spacial score (nSPS) is 12.8. The van der Waals surface area contributed by atoms with Crippen LogP contribution in [0.5, 0.6) is 5.75 Å². The zero-order valence-corrected chi connectivity index (χ0v) is 12.3. The number of methoxy groups -OCH3 is 1. The molecule has 0 bridgehead atoms. The molecule has 1 atom stereocenters. The Labute approximate surface area is 111 Å². The lowest BCUT2D eigenvalue weighted by Gasteiger charge is -2.22. The highest BCUT2D eigenvalue weighted by Gasteiger charge is 2.16. The molecular weight excluding hydrogens is 224 g/mol. The summed E-state index contributed by atoms with van der Waals surface area (Å²) >= 11 is 0. The zero-order chi connectivity index (χ0) is 13.7. The molecule has 102 valence electrons. The Morgan fingerprint density at radius 1 is 1.17 bits per heavy atom. The maximum atomic E-state index is 9.25. The van der Waals surface area contributed by atoms with E-state index in [-0.39, 0.29) is 6.61 Å². The van der Waals surface area contributed by atoms with Crippen LogP contribution in [0.2, 0.25) is 0 Å². The lowest BCUT2D eigenvalue weighted by Crippen LogP contribution is -2.08. The van der Waals surface area contributed by atoms with Gasteiger partial charge in [-0.05, 0) is 61.3 Å². The molecule has 1 N–H and O–H groups in total. The first-order valence-electron chi connectivity index (χ1n) is 6.75. The molecule has 1 rings (SSSR count). The van der Waals surface area contributed by atoms with Crippen molar-refractivity contribution in [3.05, 3.63) is 28.8 Å². The predicted octanol–water partition coefficient (Wildman–Crippen LogP) is 3.82. The molecule has 0 aliphatic rings. The van der Waals surface area contributed by atoms with Gasteiger partial charge in [0.2, 0.25) is 0 Å². The van der Waals surface area contributed by atoms with E-state index in [2.05, 4.69) is 39.8 Å². The SMILES string of the molecule is COc1cc(C)c(C(CCO)CC(C)C)cc1C. The van der Waals surface area contributed by atoms with Crippen molar-refractivity contribution in [3.8, 4) is 5.75 Å². The number of aliphatic hydroxyl groups excluding tert-OH is 1. The molecule has 18 heavy (non-hydrogen) atoms. The van der Waals surface area contributed by atoms with Gasteiger partial charge in [-0.25, -0.2) is 0 Å². The minimum absolute atomic E-state index is 0.252. The summed E-state index contributed by atoms with van der Waals surface area (Å²) in [7, 11) is 1.71. The Bertz CT molecular complexity index is 383. The Balaban J connectivity index is 3.07. The average molecular weight is 250 g/mol. The second-order valence-corrected chi connectivity index (χ2v) is 5.52. The fourth-order valence-electron chi connectivity index (χ4n) is 2.60. The van der Waals surface area contributed by atoms with Gasteiger partial charge in [-0.15, -0.1) is 0 Å². The first kappa shape index (κ1) is 15.0. The number of aliphatic hydroxyl groups is 1. The van der Waals surface area contributed by atoms with Crippen LogP contribution in [-0.4, -0.2) is 18.8 Å². The number of benzene rings is 1. The third-order valence-corrected chi connectivity index (χ3v) is 3.46. The summed E-state index contributed by atoms with van der Waals surface area (Å²) in [6.45, 7) is 8.92. The molecule has 1 unspecified atom stereocenters. The van der Waals surface area contributed by atoms with Gasteiger partial charge in [0, 0.05) is 6.61 Å². The summed E-state index contributed by atoms with van der Waals surface area (Å²) < 4.78 is 5.35. The Morgan fingerprint density at radius 2 is 1.83 bits per heavy atom. The van der Waals surface area contributed by atoms with Crippen molar-refractivity contribution in [2.75, 3.05) is 13.7 Å². The summed E-state index contributed by atoms with van der Waals surface area (Å²) in [6, 6.07) is 4.33. The summed E-state index contributed by atoms with van der Waals surface area (Å²) in [4.78, 5) is 0. The fourth-order valence-corrected chi connectivity index (χ4v) is 2.60. The number of ether oxygens (including phenoxy) is 1. The van der Waals surface area contributed by atoms with E-state index in [1.807, 2.05) is 0 Å². The maximum Gasteiger partial charge on any atom is 0.122 e. The third-order valence-electron chi connectivity index (χ3n) is 3.46. The standard InChI is InChI=1S/C16H26O2/c1-11(2)8-14(6-7-17)15-9-13(4)16(18-5)10-12(15)3/h9-11,14,17H,6-8H2,1-5H3. The second-order valence-electron chi connectivity index (χ2n) is 5.52. The van der Waals surface area contributed by atoms with Crippen LogP contribution in [0, 0.1) is 19.8 Å². The molecule has 2 heteroatoms. The maximum absolute atomic E-state index is 9.25. The number of hydrogen-bond acceptors (Lipinski definition) is 2. The van der Waals surface area contributed by atoms with E-state index < -0.39 is 0 Å². The van der Waals surface area contributed by atoms with E-state index in [1.54, 1.807) is 7.11 Å². The molecule has 0 amide bonds. The monoisotopic (exact) mass is 250 g/mol. The molecule has 0 saturated heterocycles. The summed E-state index contributed by atoms with van der Waals surface area (Å²) in [5.74, 6) is 2.03. The molecule has 0 aliphatic carbocycles. The molecule has 0 heterocycles. The van der Waals surface area contributed by atoms with Gasteiger partial charge in [0.05, 0.1) is 7.11 Å². The number of aryl methyl sites for hydroxylation is 2. The highest BCUT2D eigenvalue weighted by Crippen LogP contribution is 2.33. The van der Waals surface area contributed by atoms with E-state index in [4.69, 9.17) is 4.74 Å². The van der Waals surface area contributed by atoms with E-state index in [1.165, 1.54) is 16.7 Å². The van der Waals surface area contributed by atoms with Crippen molar-refractivity contribution >= 4 is 0 Å². The van der Waals surface area contributed by atoms with Crippen LogP contribution < -0.4 is 4.74 Å². The minimum Gasteiger partial charge on any atom is -0.496 e. The summed E-state index contributed by atoms with van der Waals surface area (Å²) in [6.07, 6.45) is 1.96. The van der Waals surface area contributed by atoms with Crippen LogP contribution in [0.25, 0.3) is 0 Å². The zero-order valence-electron chi connectivity index (χ0n) is 12.3. The highest BCUT2D eigenvalue weighted by molar-refractivity contribution is 5.43. The Kier molecular flexibility index (Phi) is 5.67.